The van der Waals surface area contributed by atoms with Crippen LogP contribution in [-0.2, 0) is 9.59 Å². The zero-order valence-electron chi connectivity index (χ0n) is 15.3. The van der Waals surface area contributed by atoms with Crippen molar-refractivity contribution in [2.45, 2.75) is 38.6 Å². The Bertz CT molecular complexity index is 662. The summed E-state index contributed by atoms with van der Waals surface area (Å²) in [6, 6.07) is 9.17. The summed E-state index contributed by atoms with van der Waals surface area (Å²) in [4.78, 5) is 41.1. The second kappa shape index (κ2) is 8.34. The van der Waals surface area contributed by atoms with Crippen LogP contribution in [0.25, 0.3) is 0 Å². The third-order valence-electron chi connectivity index (χ3n) is 5.44. The van der Waals surface area contributed by atoms with E-state index in [4.69, 9.17) is 0 Å². The quantitative estimate of drug-likeness (QED) is 0.831. The van der Waals surface area contributed by atoms with Gasteiger partial charge in [0.15, 0.2) is 0 Å². The second-order valence-corrected chi connectivity index (χ2v) is 7.12. The fourth-order valence-electron chi connectivity index (χ4n) is 4.13. The predicted molar refractivity (Wildman–Crippen MR) is 98.5 cm³/mol. The standard InChI is InChI=1S/C20H27N3O3/c1-15(24)23-13-6-12-22(20(26)16-7-3-2-4-8-16)14-11-21-19(25)17-9-5-10-18(17)23/h2-4,7-8,17-18H,5-6,9-14H2,1H3,(H,21,25). The van der Waals surface area contributed by atoms with Gasteiger partial charge in [-0.05, 0) is 31.4 Å². The van der Waals surface area contributed by atoms with E-state index in [9.17, 15) is 14.4 Å². The number of amides is 3. The van der Waals surface area contributed by atoms with E-state index in [1.54, 1.807) is 24.0 Å². The highest BCUT2D eigenvalue weighted by Gasteiger charge is 2.38. The highest BCUT2D eigenvalue weighted by atomic mass is 16.2. The Balaban J connectivity index is 1.75. The normalized spacial score (nSPS) is 24.4. The average Bonchev–Trinajstić information content (AvgIpc) is 3.11. The summed E-state index contributed by atoms with van der Waals surface area (Å²) < 4.78 is 0. The summed E-state index contributed by atoms with van der Waals surface area (Å²) in [5.41, 5.74) is 0.647. The van der Waals surface area contributed by atoms with Gasteiger partial charge in [-0.25, -0.2) is 0 Å². The molecule has 0 spiro atoms. The van der Waals surface area contributed by atoms with E-state index in [1.165, 1.54) is 0 Å². The lowest BCUT2D eigenvalue weighted by Gasteiger charge is -2.31. The van der Waals surface area contributed by atoms with Gasteiger partial charge in [0.1, 0.15) is 0 Å². The molecule has 1 aromatic rings. The Labute approximate surface area is 154 Å². The zero-order valence-corrected chi connectivity index (χ0v) is 15.3. The van der Waals surface area contributed by atoms with Crippen molar-refractivity contribution in [3.8, 4) is 0 Å². The average molecular weight is 357 g/mol. The molecule has 3 amide bonds. The van der Waals surface area contributed by atoms with Gasteiger partial charge < -0.3 is 15.1 Å². The van der Waals surface area contributed by atoms with Crippen LogP contribution in [0, 0.1) is 5.92 Å². The number of fused-ring (bicyclic) bond motifs is 1. The van der Waals surface area contributed by atoms with Crippen molar-refractivity contribution in [3.05, 3.63) is 35.9 Å². The van der Waals surface area contributed by atoms with Crippen LogP contribution in [0.3, 0.4) is 0 Å². The SMILES string of the molecule is CC(=O)N1CCCN(C(=O)c2ccccc2)CCNC(=O)C2CCCC21. The van der Waals surface area contributed by atoms with E-state index in [2.05, 4.69) is 5.32 Å². The van der Waals surface area contributed by atoms with Gasteiger partial charge in [-0.1, -0.05) is 24.6 Å². The molecule has 2 fully saturated rings. The van der Waals surface area contributed by atoms with Crippen molar-refractivity contribution in [1.29, 1.82) is 0 Å². The lowest BCUT2D eigenvalue weighted by atomic mass is 10.0. The van der Waals surface area contributed by atoms with Crippen molar-refractivity contribution >= 4 is 17.7 Å². The largest absolute Gasteiger partial charge is 0.354 e. The molecular formula is C20H27N3O3. The van der Waals surface area contributed by atoms with Crippen molar-refractivity contribution in [2.75, 3.05) is 26.2 Å². The summed E-state index contributed by atoms with van der Waals surface area (Å²) in [6.07, 6.45) is 3.40. The molecular weight excluding hydrogens is 330 g/mol. The van der Waals surface area contributed by atoms with Crippen LogP contribution in [0.2, 0.25) is 0 Å². The van der Waals surface area contributed by atoms with Crippen LogP contribution >= 0.6 is 0 Å². The van der Waals surface area contributed by atoms with Crippen molar-refractivity contribution < 1.29 is 14.4 Å². The molecule has 0 radical (unpaired) electrons. The minimum Gasteiger partial charge on any atom is -0.354 e. The minimum absolute atomic E-state index is 0.00719. The van der Waals surface area contributed by atoms with Crippen LogP contribution in [-0.4, -0.2) is 59.7 Å². The third kappa shape index (κ3) is 4.06. The molecule has 2 unspecified atom stereocenters. The van der Waals surface area contributed by atoms with Crippen LogP contribution in [0.5, 0.6) is 0 Å². The molecule has 1 saturated heterocycles. The maximum absolute atomic E-state index is 12.8. The van der Waals surface area contributed by atoms with E-state index in [1.807, 2.05) is 23.1 Å². The summed E-state index contributed by atoms with van der Waals surface area (Å²) in [5.74, 6) is -0.147. The van der Waals surface area contributed by atoms with E-state index in [0.717, 1.165) is 25.7 Å². The third-order valence-corrected chi connectivity index (χ3v) is 5.44. The number of carbonyl (C=O) groups is 3. The van der Waals surface area contributed by atoms with Crippen LogP contribution in [0.15, 0.2) is 30.3 Å². The predicted octanol–water partition coefficient (Wildman–Crippen LogP) is 1.67. The number of carbonyl (C=O) groups excluding carboxylic acids is 3. The highest BCUT2D eigenvalue weighted by molar-refractivity contribution is 5.94. The van der Waals surface area contributed by atoms with E-state index in [-0.39, 0.29) is 29.7 Å². The number of hydrogen-bond donors (Lipinski definition) is 1. The fraction of sp³-hybridized carbons (Fsp3) is 0.550. The van der Waals surface area contributed by atoms with Gasteiger partial charge in [0.2, 0.25) is 11.8 Å². The van der Waals surface area contributed by atoms with E-state index < -0.39 is 0 Å². The molecule has 3 rings (SSSR count). The molecule has 6 heteroatoms. The number of hydrogen-bond acceptors (Lipinski definition) is 3. The van der Waals surface area contributed by atoms with Gasteiger partial charge in [0.25, 0.3) is 5.91 Å². The monoisotopic (exact) mass is 357 g/mol. The summed E-state index contributed by atoms with van der Waals surface area (Å²) >= 11 is 0. The first-order chi connectivity index (χ1) is 12.6. The molecule has 1 aliphatic carbocycles. The molecule has 1 heterocycles. The van der Waals surface area contributed by atoms with Gasteiger partial charge in [-0.2, -0.15) is 0 Å². The summed E-state index contributed by atoms with van der Waals surface area (Å²) in [6.45, 7) is 3.66. The van der Waals surface area contributed by atoms with Crippen molar-refractivity contribution in [1.82, 2.24) is 15.1 Å². The number of benzene rings is 1. The maximum atomic E-state index is 12.8. The second-order valence-electron chi connectivity index (χ2n) is 7.12. The maximum Gasteiger partial charge on any atom is 0.253 e. The van der Waals surface area contributed by atoms with Crippen LogP contribution < -0.4 is 5.32 Å². The number of nitrogens with zero attached hydrogens (tertiary/aromatic N) is 2. The number of nitrogens with one attached hydrogen (secondary N) is 1. The smallest absolute Gasteiger partial charge is 0.253 e. The van der Waals surface area contributed by atoms with Crippen LogP contribution in [0.4, 0.5) is 0 Å². The summed E-state index contributed by atoms with van der Waals surface area (Å²) in [5, 5.41) is 2.98. The lowest BCUT2D eigenvalue weighted by molar-refractivity contribution is -0.134. The first-order valence-corrected chi connectivity index (χ1v) is 9.47. The fourth-order valence-corrected chi connectivity index (χ4v) is 4.13. The highest BCUT2D eigenvalue weighted by Crippen LogP contribution is 2.30. The van der Waals surface area contributed by atoms with Gasteiger partial charge in [0.05, 0.1) is 5.92 Å². The molecule has 2 aliphatic rings. The molecule has 26 heavy (non-hydrogen) atoms. The Morgan fingerprint density at radius 3 is 2.54 bits per heavy atom. The lowest BCUT2D eigenvalue weighted by Crippen LogP contribution is -2.46. The number of rotatable bonds is 1. The molecule has 1 aromatic carbocycles. The van der Waals surface area contributed by atoms with E-state index in [0.29, 0.717) is 31.7 Å². The molecule has 1 saturated carbocycles. The van der Waals surface area contributed by atoms with Gasteiger partial charge in [0, 0.05) is 44.7 Å². The molecule has 6 nitrogen and oxygen atoms in total. The first kappa shape index (κ1) is 18.4. The molecule has 0 bridgehead atoms. The molecule has 1 aliphatic heterocycles. The van der Waals surface area contributed by atoms with Gasteiger partial charge >= 0.3 is 0 Å². The topological polar surface area (TPSA) is 69.7 Å². The first-order valence-electron chi connectivity index (χ1n) is 9.47. The Hall–Kier alpha value is -2.37. The minimum atomic E-state index is -0.129. The Morgan fingerprint density at radius 1 is 1.04 bits per heavy atom. The Kier molecular flexibility index (Phi) is 5.91. The Morgan fingerprint density at radius 2 is 1.81 bits per heavy atom. The van der Waals surface area contributed by atoms with E-state index >= 15 is 0 Å². The molecule has 0 aromatic heterocycles. The summed E-state index contributed by atoms with van der Waals surface area (Å²) in [7, 11) is 0. The molecule has 1 N–H and O–H groups in total. The van der Waals surface area contributed by atoms with Crippen molar-refractivity contribution in [2.24, 2.45) is 5.92 Å². The zero-order chi connectivity index (χ0) is 18.5. The van der Waals surface area contributed by atoms with Crippen molar-refractivity contribution in [3.63, 3.8) is 0 Å². The van der Waals surface area contributed by atoms with Gasteiger partial charge in [-0.15, -0.1) is 0 Å². The van der Waals surface area contributed by atoms with Crippen LogP contribution in [0.1, 0.15) is 43.0 Å². The van der Waals surface area contributed by atoms with Gasteiger partial charge in [-0.3, -0.25) is 14.4 Å². The molecule has 140 valence electrons. The molecule has 2 atom stereocenters.